The Kier molecular flexibility index (Phi) is 8.21. The van der Waals surface area contributed by atoms with Gasteiger partial charge in [0.2, 0.25) is 5.91 Å². The van der Waals surface area contributed by atoms with E-state index in [9.17, 15) is 24.3 Å². The molecule has 1 saturated heterocycles. The van der Waals surface area contributed by atoms with E-state index in [0.29, 0.717) is 11.3 Å². The van der Waals surface area contributed by atoms with Crippen molar-refractivity contribution in [3.63, 3.8) is 0 Å². The molecule has 0 radical (unpaired) electrons. The van der Waals surface area contributed by atoms with Gasteiger partial charge in [0.15, 0.2) is 5.96 Å². The quantitative estimate of drug-likeness (QED) is 0.109. The minimum atomic E-state index is -1.80. The lowest BCUT2D eigenvalue weighted by Crippen LogP contribution is -2.81. The van der Waals surface area contributed by atoms with E-state index < -0.39 is 34.9 Å². The van der Waals surface area contributed by atoms with Crippen LogP contribution in [0.1, 0.15) is 18.1 Å². The van der Waals surface area contributed by atoms with Gasteiger partial charge in [-0.1, -0.05) is 42.5 Å². The lowest BCUT2D eigenvalue weighted by molar-refractivity contribution is -0.201. The summed E-state index contributed by atoms with van der Waals surface area (Å²) < 4.78 is 11.1. The summed E-state index contributed by atoms with van der Waals surface area (Å²) in [4.78, 5) is 55.2. The van der Waals surface area contributed by atoms with Crippen molar-refractivity contribution in [1.29, 1.82) is 0 Å². The molecule has 39 heavy (non-hydrogen) atoms. The number of ether oxygens (including phenoxy) is 2. The van der Waals surface area contributed by atoms with E-state index in [0.717, 1.165) is 10.5 Å². The second-order valence-corrected chi connectivity index (χ2v) is 9.88. The van der Waals surface area contributed by atoms with Gasteiger partial charge in [-0.2, -0.15) is 0 Å². The minimum absolute atomic E-state index is 0.00258. The first kappa shape index (κ1) is 27.7. The van der Waals surface area contributed by atoms with Crippen molar-refractivity contribution >= 4 is 47.2 Å². The van der Waals surface area contributed by atoms with Gasteiger partial charge < -0.3 is 31.4 Å². The van der Waals surface area contributed by atoms with Crippen molar-refractivity contribution in [2.24, 2.45) is 16.5 Å². The highest BCUT2D eigenvalue weighted by molar-refractivity contribution is 8.00. The number of carbonyl (C=O) groups excluding carboxylic acids is 3. The maximum absolute atomic E-state index is 13.6. The van der Waals surface area contributed by atoms with Gasteiger partial charge in [0.1, 0.15) is 17.7 Å². The first-order valence-corrected chi connectivity index (χ1v) is 12.9. The molecule has 2 atom stereocenters. The largest absolute Gasteiger partial charge is 0.477 e. The van der Waals surface area contributed by atoms with Crippen molar-refractivity contribution in [2.75, 3.05) is 12.4 Å². The molecule has 2 aromatic rings. The van der Waals surface area contributed by atoms with Crippen molar-refractivity contribution in [1.82, 2.24) is 10.2 Å². The zero-order valence-electron chi connectivity index (χ0n) is 21.0. The molecule has 13 heteroatoms. The molecule has 2 aromatic carbocycles. The van der Waals surface area contributed by atoms with Crippen LogP contribution in [-0.2, 0) is 41.7 Å². The number of carboxylic acid groups (broad SMARTS) is 1. The third kappa shape index (κ3) is 6.04. The number of nitrogens with one attached hydrogen (secondary N) is 1. The number of esters is 1. The minimum Gasteiger partial charge on any atom is -0.477 e. The van der Waals surface area contributed by atoms with Crippen LogP contribution in [-0.4, -0.2) is 63.2 Å². The number of hydrogen-bond donors (Lipinski definition) is 4. The summed E-state index contributed by atoms with van der Waals surface area (Å²) in [6.07, 6.45) is -0.0808. The van der Waals surface area contributed by atoms with Crippen LogP contribution in [0.25, 0.3) is 0 Å². The number of hydrogen-bond acceptors (Lipinski definition) is 8. The number of nitrogens with two attached hydrogens (primary N) is 2. The summed E-state index contributed by atoms with van der Waals surface area (Å²) in [5.74, 6) is -3.10. The normalized spacial score (nSPS) is 20.0. The second kappa shape index (κ2) is 11.6. The predicted molar refractivity (Wildman–Crippen MR) is 142 cm³/mol. The number of rotatable bonds is 10. The van der Waals surface area contributed by atoms with Crippen LogP contribution in [0.15, 0.2) is 70.9 Å². The Morgan fingerprint density at radius 1 is 1.10 bits per heavy atom. The smallest absolute Gasteiger partial charge is 0.352 e. The SMILES string of the molecule is CC(=O)OCC1=C(C(=O)O)N2C(=O)C(NC(=O)Cc3ccc(N=C(N)N)cc3)(OCc3ccccc3)[C@H]2SC1. The first-order chi connectivity index (χ1) is 18.6. The van der Waals surface area contributed by atoms with Crippen molar-refractivity contribution in [3.05, 3.63) is 77.0 Å². The molecule has 204 valence electrons. The molecule has 1 unspecified atom stereocenters. The number of amides is 2. The fourth-order valence-electron chi connectivity index (χ4n) is 4.22. The molecule has 0 aromatic heterocycles. The summed E-state index contributed by atoms with van der Waals surface area (Å²) in [7, 11) is 0. The topological polar surface area (TPSA) is 187 Å². The lowest BCUT2D eigenvalue weighted by atomic mass is 9.97. The highest BCUT2D eigenvalue weighted by Gasteiger charge is 2.67. The average Bonchev–Trinajstić information content (AvgIpc) is 2.90. The van der Waals surface area contributed by atoms with E-state index in [1.807, 2.05) is 30.3 Å². The Morgan fingerprint density at radius 3 is 2.41 bits per heavy atom. The number of aliphatic imine (C=N–C) groups is 1. The van der Waals surface area contributed by atoms with Gasteiger partial charge in [-0.15, -0.1) is 11.8 Å². The van der Waals surface area contributed by atoms with Gasteiger partial charge in [-0.3, -0.25) is 19.3 Å². The number of aliphatic carboxylic acids is 1. The number of carboxylic acids is 1. The molecule has 2 amide bonds. The standard InChI is InChI=1S/C26H27N5O7S/c1-15(32)37-13-18-14-39-24-26(23(36)31(24)21(18)22(34)35,38-12-17-5-3-2-4-6-17)30-20(33)11-16-7-9-19(10-8-16)29-25(27)28/h2-10,24H,11-14H2,1H3,(H,30,33)(H,34,35)(H4,27,28,29)/t24-,26?/m1/s1. The monoisotopic (exact) mass is 553 g/mol. The molecule has 0 spiro atoms. The van der Waals surface area contributed by atoms with Crippen LogP contribution in [0, 0.1) is 0 Å². The lowest BCUT2D eigenvalue weighted by Gasteiger charge is -2.56. The molecular formula is C26H27N5O7S. The van der Waals surface area contributed by atoms with Crippen molar-refractivity contribution in [2.45, 2.75) is 31.1 Å². The van der Waals surface area contributed by atoms with E-state index in [-0.39, 0.29) is 42.6 Å². The van der Waals surface area contributed by atoms with Gasteiger partial charge in [-0.25, -0.2) is 9.79 Å². The number of guanidine groups is 1. The highest BCUT2D eigenvalue weighted by atomic mass is 32.2. The fraction of sp³-hybridized carbons (Fsp3) is 0.269. The third-order valence-electron chi connectivity index (χ3n) is 5.96. The average molecular weight is 554 g/mol. The Morgan fingerprint density at radius 2 is 1.79 bits per heavy atom. The van der Waals surface area contributed by atoms with Gasteiger partial charge in [0.25, 0.3) is 11.6 Å². The molecule has 0 aliphatic carbocycles. The maximum atomic E-state index is 13.6. The van der Waals surface area contributed by atoms with Crippen LogP contribution in [0.2, 0.25) is 0 Å². The third-order valence-corrected chi connectivity index (χ3v) is 7.33. The molecule has 1 fully saturated rings. The predicted octanol–water partition coefficient (Wildman–Crippen LogP) is 0.980. The van der Waals surface area contributed by atoms with Crippen LogP contribution < -0.4 is 16.8 Å². The number of carbonyl (C=O) groups is 4. The zero-order chi connectivity index (χ0) is 28.2. The van der Waals surface area contributed by atoms with Crippen molar-refractivity contribution < 1.29 is 33.8 Å². The number of β-lactam (4-membered cyclic amide) rings is 1. The molecule has 2 heterocycles. The van der Waals surface area contributed by atoms with Crippen LogP contribution in [0.3, 0.4) is 0 Å². The number of fused-ring (bicyclic) bond motifs is 1. The Bertz CT molecular complexity index is 1340. The second-order valence-electron chi connectivity index (χ2n) is 8.81. The number of benzene rings is 2. The molecule has 6 N–H and O–H groups in total. The Hall–Kier alpha value is -4.36. The van der Waals surface area contributed by atoms with Crippen LogP contribution in [0.4, 0.5) is 5.69 Å². The van der Waals surface area contributed by atoms with Gasteiger partial charge >= 0.3 is 11.9 Å². The number of nitrogens with zero attached hydrogens (tertiary/aromatic N) is 2. The molecule has 12 nitrogen and oxygen atoms in total. The van der Waals surface area contributed by atoms with E-state index in [1.54, 1.807) is 24.3 Å². The van der Waals surface area contributed by atoms with Crippen molar-refractivity contribution in [3.8, 4) is 0 Å². The maximum Gasteiger partial charge on any atom is 0.352 e. The molecular weight excluding hydrogens is 526 g/mol. The molecule has 2 aliphatic heterocycles. The van der Waals surface area contributed by atoms with E-state index >= 15 is 0 Å². The number of thioether (sulfide) groups is 1. The summed E-state index contributed by atoms with van der Waals surface area (Å²) in [6.45, 7) is 0.943. The first-order valence-electron chi connectivity index (χ1n) is 11.8. The summed E-state index contributed by atoms with van der Waals surface area (Å²) in [6, 6.07) is 15.7. The highest BCUT2D eigenvalue weighted by Crippen LogP contribution is 2.47. The Balaban J connectivity index is 1.58. The van der Waals surface area contributed by atoms with Crippen LogP contribution >= 0.6 is 11.8 Å². The van der Waals surface area contributed by atoms with Crippen LogP contribution in [0.5, 0.6) is 0 Å². The van der Waals surface area contributed by atoms with E-state index in [2.05, 4.69) is 10.3 Å². The summed E-state index contributed by atoms with van der Waals surface area (Å²) in [5, 5.41) is 11.8. The molecule has 2 aliphatic rings. The van der Waals surface area contributed by atoms with E-state index in [1.165, 1.54) is 18.7 Å². The molecule has 4 rings (SSSR count). The summed E-state index contributed by atoms with van der Waals surface area (Å²) in [5.41, 5.74) is 10.9. The van der Waals surface area contributed by atoms with Gasteiger partial charge in [0, 0.05) is 18.2 Å². The molecule has 0 bridgehead atoms. The zero-order valence-corrected chi connectivity index (χ0v) is 21.8. The van der Waals surface area contributed by atoms with E-state index in [4.69, 9.17) is 20.9 Å². The molecule has 0 saturated carbocycles. The fourth-order valence-corrected chi connectivity index (χ4v) is 5.61. The Labute approximate surface area is 228 Å². The summed E-state index contributed by atoms with van der Waals surface area (Å²) >= 11 is 1.21. The van der Waals surface area contributed by atoms with Gasteiger partial charge in [0.05, 0.1) is 18.7 Å². The van der Waals surface area contributed by atoms with Gasteiger partial charge in [-0.05, 0) is 23.3 Å².